The third kappa shape index (κ3) is 2.37. The van der Waals surface area contributed by atoms with Gasteiger partial charge < -0.3 is 9.84 Å². The standard InChI is InChI=1S/C20H24O2/c1-19(2,3)15-10-6-8-13(17(15)21)12-14-9-7-11-16-18(14)22-20(16,4)5/h6-11,21H,12H2,1-5H3. The van der Waals surface area contributed by atoms with Crippen LogP contribution in [0.3, 0.4) is 0 Å². The first kappa shape index (κ1) is 15.0. The lowest BCUT2D eigenvalue weighted by Crippen LogP contribution is -2.35. The number of rotatable bonds is 2. The molecule has 0 saturated carbocycles. The van der Waals surface area contributed by atoms with Crippen molar-refractivity contribution in [2.45, 2.75) is 52.1 Å². The fraction of sp³-hybridized carbons (Fsp3) is 0.400. The van der Waals surface area contributed by atoms with E-state index < -0.39 is 0 Å². The molecule has 0 aliphatic carbocycles. The van der Waals surface area contributed by atoms with Gasteiger partial charge in [-0.15, -0.1) is 0 Å². The molecule has 0 fully saturated rings. The van der Waals surface area contributed by atoms with Crippen molar-refractivity contribution in [2.24, 2.45) is 0 Å². The molecule has 1 heterocycles. The number of benzene rings is 2. The van der Waals surface area contributed by atoms with Crippen LogP contribution in [0.15, 0.2) is 36.4 Å². The number of phenols is 1. The maximum Gasteiger partial charge on any atom is 0.132 e. The Labute approximate surface area is 132 Å². The smallest absolute Gasteiger partial charge is 0.132 e. The van der Waals surface area contributed by atoms with Gasteiger partial charge in [-0.3, -0.25) is 0 Å². The Morgan fingerprint density at radius 2 is 1.64 bits per heavy atom. The molecule has 0 radical (unpaired) electrons. The number of ether oxygens (including phenoxy) is 1. The number of hydrogen-bond acceptors (Lipinski definition) is 2. The van der Waals surface area contributed by atoms with Crippen LogP contribution in [0.2, 0.25) is 0 Å². The fourth-order valence-electron chi connectivity index (χ4n) is 3.13. The zero-order valence-corrected chi connectivity index (χ0v) is 14.0. The summed E-state index contributed by atoms with van der Waals surface area (Å²) in [5.74, 6) is 1.39. The molecule has 2 heteroatoms. The molecule has 0 atom stereocenters. The van der Waals surface area contributed by atoms with E-state index in [9.17, 15) is 5.11 Å². The van der Waals surface area contributed by atoms with Gasteiger partial charge in [-0.25, -0.2) is 0 Å². The van der Waals surface area contributed by atoms with Crippen LogP contribution in [0.5, 0.6) is 11.5 Å². The molecule has 0 aromatic heterocycles. The summed E-state index contributed by atoms with van der Waals surface area (Å²) in [6.07, 6.45) is 0.689. The predicted molar refractivity (Wildman–Crippen MR) is 89.7 cm³/mol. The zero-order valence-electron chi connectivity index (χ0n) is 14.0. The van der Waals surface area contributed by atoms with Gasteiger partial charge in [-0.2, -0.15) is 0 Å². The lowest BCUT2D eigenvalue weighted by Gasteiger charge is -2.40. The van der Waals surface area contributed by atoms with Crippen molar-refractivity contribution >= 4 is 0 Å². The molecule has 1 aliphatic rings. The average molecular weight is 296 g/mol. The predicted octanol–water partition coefficient (Wildman–Crippen LogP) is 4.91. The van der Waals surface area contributed by atoms with Gasteiger partial charge in [0.25, 0.3) is 0 Å². The van der Waals surface area contributed by atoms with Gasteiger partial charge in [-0.1, -0.05) is 57.2 Å². The molecule has 2 aromatic carbocycles. The van der Waals surface area contributed by atoms with E-state index in [1.807, 2.05) is 18.2 Å². The van der Waals surface area contributed by atoms with Crippen LogP contribution in [-0.4, -0.2) is 5.11 Å². The second-order valence-corrected chi connectivity index (χ2v) is 7.65. The van der Waals surface area contributed by atoms with Crippen molar-refractivity contribution in [3.8, 4) is 11.5 Å². The van der Waals surface area contributed by atoms with Crippen molar-refractivity contribution in [1.82, 2.24) is 0 Å². The molecule has 1 N–H and O–H groups in total. The minimum atomic E-state index is -0.194. The summed E-state index contributed by atoms with van der Waals surface area (Å²) < 4.78 is 5.93. The third-order valence-electron chi connectivity index (χ3n) is 4.41. The lowest BCUT2D eigenvalue weighted by atomic mass is 9.83. The minimum Gasteiger partial charge on any atom is -0.507 e. The SMILES string of the molecule is CC(C)(C)c1cccc(Cc2cccc3c2OC3(C)C)c1O. The highest BCUT2D eigenvalue weighted by Crippen LogP contribution is 2.46. The molecule has 2 aromatic rings. The summed E-state index contributed by atoms with van der Waals surface area (Å²) in [6.45, 7) is 10.5. The molecular formula is C20H24O2. The van der Waals surface area contributed by atoms with Gasteiger partial charge in [0.15, 0.2) is 0 Å². The van der Waals surface area contributed by atoms with Crippen LogP contribution in [0.25, 0.3) is 0 Å². The molecule has 0 bridgehead atoms. The van der Waals surface area contributed by atoms with E-state index in [0.29, 0.717) is 12.2 Å². The maximum atomic E-state index is 10.6. The monoisotopic (exact) mass is 296 g/mol. The van der Waals surface area contributed by atoms with Crippen LogP contribution in [0.4, 0.5) is 0 Å². The quantitative estimate of drug-likeness (QED) is 0.853. The fourth-order valence-corrected chi connectivity index (χ4v) is 3.13. The Morgan fingerprint density at radius 3 is 2.27 bits per heavy atom. The Bertz CT molecular complexity index is 721. The van der Waals surface area contributed by atoms with Gasteiger partial charge in [-0.05, 0) is 36.0 Å². The van der Waals surface area contributed by atoms with Crippen molar-refractivity contribution in [3.63, 3.8) is 0 Å². The van der Waals surface area contributed by atoms with Crippen LogP contribution in [-0.2, 0) is 17.4 Å². The number of hydrogen-bond donors (Lipinski definition) is 1. The summed E-state index contributed by atoms with van der Waals surface area (Å²) in [6, 6.07) is 12.3. The number of fused-ring (bicyclic) bond motifs is 1. The van der Waals surface area contributed by atoms with Crippen LogP contribution < -0.4 is 4.74 Å². The Morgan fingerprint density at radius 1 is 1.00 bits per heavy atom. The van der Waals surface area contributed by atoms with Crippen LogP contribution in [0.1, 0.15) is 56.9 Å². The van der Waals surface area contributed by atoms with Gasteiger partial charge >= 0.3 is 0 Å². The van der Waals surface area contributed by atoms with Gasteiger partial charge in [0, 0.05) is 12.0 Å². The average Bonchev–Trinajstić information content (AvgIpc) is 2.40. The summed E-state index contributed by atoms with van der Waals surface area (Å²) in [5, 5.41) is 10.6. The molecule has 0 spiro atoms. The summed E-state index contributed by atoms with van der Waals surface area (Å²) >= 11 is 0. The largest absolute Gasteiger partial charge is 0.507 e. The first-order valence-corrected chi connectivity index (χ1v) is 7.83. The third-order valence-corrected chi connectivity index (χ3v) is 4.41. The van der Waals surface area contributed by atoms with E-state index in [4.69, 9.17) is 4.74 Å². The van der Waals surface area contributed by atoms with E-state index in [1.54, 1.807) is 0 Å². The molecule has 2 nitrogen and oxygen atoms in total. The molecule has 116 valence electrons. The normalized spacial score (nSPS) is 15.7. The van der Waals surface area contributed by atoms with E-state index in [1.165, 1.54) is 5.56 Å². The molecular weight excluding hydrogens is 272 g/mol. The molecule has 1 aliphatic heterocycles. The number of aromatic hydroxyl groups is 1. The Hall–Kier alpha value is -1.96. The highest BCUT2D eigenvalue weighted by atomic mass is 16.5. The van der Waals surface area contributed by atoms with Crippen molar-refractivity contribution in [3.05, 3.63) is 58.7 Å². The van der Waals surface area contributed by atoms with E-state index in [2.05, 4.69) is 52.8 Å². The molecule has 22 heavy (non-hydrogen) atoms. The van der Waals surface area contributed by atoms with E-state index in [0.717, 1.165) is 22.4 Å². The lowest BCUT2D eigenvalue weighted by molar-refractivity contribution is 0.0502. The second-order valence-electron chi connectivity index (χ2n) is 7.65. The summed E-state index contributed by atoms with van der Waals surface area (Å²) in [5.41, 5.74) is 4.06. The van der Waals surface area contributed by atoms with E-state index >= 15 is 0 Å². The van der Waals surface area contributed by atoms with Crippen LogP contribution >= 0.6 is 0 Å². The molecule has 0 saturated heterocycles. The number of para-hydroxylation sites is 2. The second kappa shape index (κ2) is 4.77. The first-order chi connectivity index (χ1) is 10.2. The maximum absolute atomic E-state index is 10.6. The van der Waals surface area contributed by atoms with Crippen molar-refractivity contribution in [2.75, 3.05) is 0 Å². The Balaban J connectivity index is 1.98. The van der Waals surface area contributed by atoms with Gasteiger partial charge in [0.1, 0.15) is 17.1 Å². The topological polar surface area (TPSA) is 29.5 Å². The van der Waals surface area contributed by atoms with Crippen LogP contribution in [0, 0.1) is 0 Å². The zero-order chi connectivity index (χ0) is 16.1. The highest BCUT2D eigenvalue weighted by Gasteiger charge is 2.37. The van der Waals surface area contributed by atoms with Gasteiger partial charge in [0.05, 0.1) is 0 Å². The highest BCUT2D eigenvalue weighted by molar-refractivity contribution is 5.54. The minimum absolute atomic E-state index is 0.0691. The molecule has 0 amide bonds. The first-order valence-electron chi connectivity index (χ1n) is 7.83. The molecule has 0 unspecified atom stereocenters. The summed E-state index contributed by atoms with van der Waals surface area (Å²) in [4.78, 5) is 0. The van der Waals surface area contributed by atoms with Crippen molar-refractivity contribution < 1.29 is 9.84 Å². The molecule has 3 rings (SSSR count). The van der Waals surface area contributed by atoms with Gasteiger partial charge in [0.2, 0.25) is 0 Å². The van der Waals surface area contributed by atoms with E-state index in [-0.39, 0.29) is 11.0 Å². The summed E-state index contributed by atoms with van der Waals surface area (Å²) in [7, 11) is 0. The van der Waals surface area contributed by atoms with Crippen molar-refractivity contribution in [1.29, 1.82) is 0 Å². The Kier molecular flexibility index (Phi) is 3.24. The number of phenolic OH excluding ortho intramolecular Hbond substituents is 1.